The summed E-state index contributed by atoms with van der Waals surface area (Å²) in [6.07, 6.45) is 0. The molecule has 0 aliphatic heterocycles. The van der Waals surface area contributed by atoms with E-state index in [1.165, 1.54) is 0 Å². The number of rotatable bonds is 6. The van der Waals surface area contributed by atoms with Crippen LogP contribution in [0.1, 0.15) is 5.56 Å². The van der Waals surface area contributed by atoms with Crippen LogP contribution in [-0.2, 0) is 14.3 Å². The minimum atomic E-state index is -0.634. The quantitative estimate of drug-likeness (QED) is 0.824. The minimum absolute atomic E-state index is 0.294. The van der Waals surface area contributed by atoms with Crippen LogP contribution in [-0.4, -0.2) is 25.1 Å². The molecule has 2 aromatic carbocycles. The largest absolute Gasteiger partial charge is 0.482 e. The zero-order chi connectivity index (χ0) is 16.7. The molecule has 6 heteroatoms. The Bertz CT molecular complexity index is 702. The lowest BCUT2D eigenvalue weighted by Gasteiger charge is -2.09. The summed E-state index contributed by atoms with van der Waals surface area (Å²) in [5, 5.41) is 3.18. The van der Waals surface area contributed by atoms with E-state index in [1.807, 2.05) is 25.1 Å². The van der Waals surface area contributed by atoms with Gasteiger partial charge in [0.05, 0.1) is 0 Å². The van der Waals surface area contributed by atoms with E-state index < -0.39 is 11.9 Å². The van der Waals surface area contributed by atoms with Crippen LogP contribution >= 0.6 is 11.6 Å². The molecule has 120 valence electrons. The van der Waals surface area contributed by atoms with Crippen molar-refractivity contribution in [1.82, 2.24) is 0 Å². The summed E-state index contributed by atoms with van der Waals surface area (Å²) < 4.78 is 10.1. The molecular weight excluding hydrogens is 318 g/mol. The third kappa shape index (κ3) is 5.64. The monoisotopic (exact) mass is 333 g/mol. The van der Waals surface area contributed by atoms with Crippen molar-refractivity contribution < 1.29 is 19.1 Å². The van der Waals surface area contributed by atoms with Gasteiger partial charge >= 0.3 is 5.97 Å². The van der Waals surface area contributed by atoms with Gasteiger partial charge in [-0.05, 0) is 36.8 Å². The van der Waals surface area contributed by atoms with E-state index in [-0.39, 0.29) is 13.2 Å². The summed E-state index contributed by atoms with van der Waals surface area (Å²) in [7, 11) is 0. The van der Waals surface area contributed by atoms with Crippen LogP contribution in [0, 0.1) is 6.92 Å². The van der Waals surface area contributed by atoms with Crippen LogP contribution in [0.2, 0.25) is 5.02 Å². The Morgan fingerprint density at radius 1 is 1.09 bits per heavy atom. The number of carbonyl (C=O) groups is 2. The lowest BCUT2D eigenvalue weighted by atomic mass is 10.2. The molecule has 1 N–H and O–H groups in total. The second kappa shape index (κ2) is 8.19. The maximum absolute atomic E-state index is 11.7. The zero-order valence-corrected chi connectivity index (χ0v) is 13.3. The van der Waals surface area contributed by atoms with Crippen molar-refractivity contribution in [2.75, 3.05) is 18.5 Å². The van der Waals surface area contributed by atoms with Gasteiger partial charge in [-0.3, -0.25) is 4.79 Å². The summed E-state index contributed by atoms with van der Waals surface area (Å²) in [6.45, 7) is 1.21. The molecule has 0 spiro atoms. The fraction of sp³-hybridized carbons (Fsp3) is 0.176. The predicted octanol–water partition coefficient (Wildman–Crippen LogP) is 3.21. The van der Waals surface area contributed by atoms with Gasteiger partial charge in [0.1, 0.15) is 5.75 Å². The van der Waals surface area contributed by atoms with E-state index in [4.69, 9.17) is 21.1 Å². The van der Waals surface area contributed by atoms with Crippen LogP contribution in [0.4, 0.5) is 5.69 Å². The molecule has 2 rings (SSSR count). The Hall–Kier alpha value is -2.53. The highest BCUT2D eigenvalue weighted by molar-refractivity contribution is 6.30. The second-order valence-electron chi connectivity index (χ2n) is 4.77. The van der Waals surface area contributed by atoms with Crippen LogP contribution in [0.3, 0.4) is 0 Å². The standard InChI is InChI=1S/C17H16ClNO4/c1-12-5-2-3-8-15(12)19-16(20)10-23-17(21)11-22-14-7-4-6-13(18)9-14/h2-9H,10-11H2,1H3,(H,19,20). The number of benzene rings is 2. The number of esters is 1. The maximum Gasteiger partial charge on any atom is 0.344 e. The fourth-order valence-electron chi connectivity index (χ4n) is 1.79. The average Bonchev–Trinajstić information content (AvgIpc) is 2.53. The molecule has 0 saturated heterocycles. The molecule has 1 amide bonds. The van der Waals surface area contributed by atoms with Gasteiger partial charge in [0.2, 0.25) is 0 Å². The highest BCUT2D eigenvalue weighted by Crippen LogP contribution is 2.17. The van der Waals surface area contributed by atoms with E-state index in [0.29, 0.717) is 16.5 Å². The number of ether oxygens (including phenoxy) is 2. The molecule has 0 fully saturated rings. The fourth-order valence-corrected chi connectivity index (χ4v) is 1.97. The number of para-hydroxylation sites is 1. The van der Waals surface area contributed by atoms with E-state index in [9.17, 15) is 9.59 Å². The molecule has 0 radical (unpaired) electrons. The third-order valence-corrected chi connectivity index (χ3v) is 3.17. The van der Waals surface area contributed by atoms with Crippen molar-refractivity contribution >= 4 is 29.2 Å². The lowest BCUT2D eigenvalue weighted by Crippen LogP contribution is -2.23. The van der Waals surface area contributed by atoms with Crippen LogP contribution in [0.25, 0.3) is 0 Å². The predicted molar refractivity (Wildman–Crippen MR) is 87.7 cm³/mol. The Kier molecular flexibility index (Phi) is 6.00. The van der Waals surface area contributed by atoms with Crippen LogP contribution < -0.4 is 10.1 Å². The van der Waals surface area contributed by atoms with E-state index in [0.717, 1.165) is 5.56 Å². The number of anilines is 1. The first-order valence-electron chi connectivity index (χ1n) is 6.94. The van der Waals surface area contributed by atoms with E-state index in [2.05, 4.69) is 5.32 Å². The number of hydrogen-bond acceptors (Lipinski definition) is 4. The summed E-state index contributed by atoms with van der Waals surface area (Å²) >= 11 is 5.80. The molecule has 0 aliphatic rings. The van der Waals surface area contributed by atoms with Gasteiger partial charge in [-0.2, -0.15) is 0 Å². The van der Waals surface area contributed by atoms with Crippen molar-refractivity contribution in [3.05, 3.63) is 59.1 Å². The smallest absolute Gasteiger partial charge is 0.344 e. The van der Waals surface area contributed by atoms with Gasteiger partial charge in [0, 0.05) is 10.7 Å². The first kappa shape index (κ1) is 16.8. The first-order chi connectivity index (χ1) is 11.0. The third-order valence-electron chi connectivity index (χ3n) is 2.94. The lowest BCUT2D eigenvalue weighted by molar-refractivity contribution is -0.149. The Morgan fingerprint density at radius 3 is 2.61 bits per heavy atom. The molecule has 0 aromatic heterocycles. The van der Waals surface area contributed by atoms with Crippen molar-refractivity contribution in [1.29, 1.82) is 0 Å². The Labute approximate surface area is 139 Å². The van der Waals surface area contributed by atoms with Crippen LogP contribution in [0.5, 0.6) is 5.75 Å². The zero-order valence-electron chi connectivity index (χ0n) is 12.5. The van der Waals surface area contributed by atoms with Crippen molar-refractivity contribution in [3.63, 3.8) is 0 Å². The van der Waals surface area contributed by atoms with Crippen molar-refractivity contribution in [3.8, 4) is 5.75 Å². The van der Waals surface area contributed by atoms with Gasteiger partial charge in [-0.25, -0.2) is 4.79 Å². The van der Waals surface area contributed by atoms with Gasteiger partial charge < -0.3 is 14.8 Å². The highest BCUT2D eigenvalue weighted by Gasteiger charge is 2.09. The highest BCUT2D eigenvalue weighted by atomic mass is 35.5. The van der Waals surface area contributed by atoms with Gasteiger partial charge in [0.25, 0.3) is 5.91 Å². The van der Waals surface area contributed by atoms with Gasteiger partial charge in [-0.1, -0.05) is 35.9 Å². The van der Waals surface area contributed by atoms with E-state index in [1.54, 1.807) is 30.3 Å². The number of hydrogen-bond donors (Lipinski definition) is 1. The summed E-state index contributed by atoms with van der Waals surface area (Å²) in [5.74, 6) is -0.584. The van der Waals surface area contributed by atoms with Crippen LogP contribution in [0.15, 0.2) is 48.5 Å². The number of amides is 1. The summed E-state index contributed by atoms with van der Waals surface area (Å²) in [5.41, 5.74) is 1.61. The molecular formula is C17H16ClNO4. The number of nitrogens with one attached hydrogen (secondary N) is 1. The average molecular weight is 334 g/mol. The number of halogens is 1. The molecule has 0 heterocycles. The summed E-state index contributed by atoms with van der Waals surface area (Å²) in [6, 6.07) is 14.0. The molecule has 23 heavy (non-hydrogen) atoms. The normalized spacial score (nSPS) is 10.0. The SMILES string of the molecule is Cc1ccccc1NC(=O)COC(=O)COc1cccc(Cl)c1. The second-order valence-corrected chi connectivity index (χ2v) is 5.21. The molecule has 0 atom stereocenters. The Balaban J connectivity index is 1.74. The minimum Gasteiger partial charge on any atom is -0.482 e. The Morgan fingerprint density at radius 2 is 1.87 bits per heavy atom. The van der Waals surface area contributed by atoms with E-state index >= 15 is 0 Å². The number of aryl methyl sites for hydroxylation is 1. The molecule has 0 saturated carbocycles. The molecule has 0 bridgehead atoms. The molecule has 0 aliphatic carbocycles. The maximum atomic E-state index is 11.7. The number of carbonyl (C=O) groups excluding carboxylic acids is 2. The van der Waals surface area contributed by atoms with Gasteiger partial charge in [-0.15, -0.1) is 0 Å². The summed E-state index contributed by atoms with van der Waals surface area (Å²) in [4.78, 5) is 23.3. The topological polar surface area (TPSA) is 64.6 Å². The molecule has 2 aromatic rings. The first-order valence-corrected chi connectivity index (χ1v) is 7.32. The molecule has 0 unspecified atom stereocenters. The van der Waals surface area contributed by atoms with Crippen molar-refractivity contribution in [2.45, 2.75) is 6.92 Å². The molecule has 5 nitrogen and oxygen atoms in total. The van der Waals surface area contributed by atoms with Crippen molar-refractivity contribution in [2.24, 2.45) is 0 Å². The van der Waals surface area contributed by atoms with Gasteiger partial charge in [0.15, 0.2) is 13.2 Å².